The Morgan fingerprint density at radius 2 is 1.90 bits per heavy atom. The number of amides is 3. The average Bonchev–Trinajstić information content (AvgIpc) is 2.47. The van der Waals surface area contributed by atoms with Crippen LogP contribution in [-0.4, -0.2) is 42.6 Å². The van der Waals surface area contributed by atoms with Gasteiger partial charge in [-0.3, -0.25) is 14.9 Å². The highest BCUT2D eigenvalue weighted by Gasteiger charge is 2.17. The molecule has 1 aliphatic rings. The van der Waals surface area contributed by atoms with Crippen molar-refractivity contribution >= 4 is 29.7 Å². The molecule has 2 N–H and O–H groups in total. The van der Waals surface area contributed by atoms with Gasteiger partial charge in [-0.15, -0.1) is 0 Å². The van der Waals surface area contributed by atoms with Gasteiger partial charge in [0.2, 0.25) is 5.91 Å². The van der Waals surface area contributed by atoms with Crippen molar-refractivity contribution < 1.29 is 19.1 Å². The second kappa shape index (κ2) is 9.65. The smallest absolute Gasteiger partial charge is 0.321 e. The monoisotopic (exact) mass is 316 g/mol. The molecule has 0 aromatic rings. The number of nitrogens with one attached hydrogen (secondary N) is 2. The first kappa shape index (κ1) is 17.8. The zero-order valence-corrected chi connectivity index (χ0v) is 13.5. The maximum absolute atomic E-state index is 11.6. The van der Waals surface area contributed by atoms with Crippen molar-refractivity contribution in [2.24, 2.45) is 5.92 Å². The number of methoxy groups -OCH3 is 1. The van der Waals surface area contributed by atoms with Gasteiger partial charge in [0, 0.05) is 11.8 Å². The summed E-state index contributed by atoms with van der Waals surface area (Å²) in [5, 5.41) is 5.14. The predicted octanol–water partition coefficient (Wildman–Crippen LogP) is 1.69. The minimum atomic E-state index is -0.423. The molecule has 3 amide bonds. The second-order valence-electron chi connectivity index (χ2n) is 5.30. The molecule has 120 valence electrons. The van der Waals surface area contributed by atoms with Crippen molar-refractivity contribution in [3.8, 4) is 0 Å². The third kappa shape index (κ3) is 7.36. The molecule has 0 radical (unpaired) electrons. The Balaban J connectivity index is 2.14. The molecule has 1 unspecified atom stereocenters. The molecule has 0 aliphatic heterocycles. The zero-order valence-electron chi connectivity index (χ0n) is 12.6. The highest BCUT2D eigenvalue weighted by molar-refractivity contribution is 7.99. The topological polar surface area (TPSA) is 84.5 Å². The molecule has 0 aromatic heterocycles. The lowest BCUT2D eigenvalue weighted by atomic mass is 9.96. The summed E-state index contributed by atoms with van der Waals surface area (Å²) in [5.41, 5.74) is 0. The number of rotatable bonds is 6. The van der Waals surface area contributed by atoms with Crippen molar-refractivity contribution in [1.29, 1.82) is 0 Å². The largest absolute Gasteiger partial charge is 0.469 e. The third-order valence-corrected chi connectivity index (χ3v) is 4.60. The van der Waals surface area contributed by atoms with E-state index in [-0.39, 0.29) is 29.6 Å². The van der Waals surface area contributed by atoms with E-state index >= 15 is 0 Å². The fourth-order valence-corrected chi connectivity index (χ4v) is 3.09. The Morgan fingerprint density at radius 3 is 2.52 bits per heavy atom. The van der Waals surface area contributed by atoms with Gasteiger partial charge in [0.05, 0.1) is 18.8 Å². The Labute approximate surface area is 129 Å². The number of carbonyl (C=O) groups excluding carboxylic acids is 3. The molecular formula is C14H24N2O4S. The molecule has 6 nitrogen and oxygen atoms in total. The predicted molar refractivity (Wildman–Crippen MR) is 82.1 cm³/mol. The van der Waals surface area contributed by atoms with E-state index in [9.17, 15) is 14.4 Å². The molecule has 1 aliphatic carbocycles. The summed E-state index contributed by atoms with van der Waals surface area (Å²) in [6.45, 7) is 1.74. The lowest BCUT2D eigenvalue weighted by Crippen LogP contribution is -2.45. The number of hydrogen-bond donors (Lipinski definition) is 2. The molecule has 1 rings (SSSR count). The van der Waals surface area contributed by atoms with Crippen LogP contribution < -0.4 is 10.6 Å². The van der Waals surface area contributed by atoms with Crippen LogP contribution in [0.25, 0.3) is 0 Å². The first-order valence-corrected chi connectivity index (χ1v) is 8.44. The van der Waals surface area contributed by atoms with Crippen LogP contribution in [0.4, 0.5) is 4.79 Å². The van der Waals surface area contributed by atoms with Crippen LogP contribution in [-0.2, 0) is 14.3 Å². The van der Waals surface area contributed by atoms with E-state index in [0.29, 0.717) is 5.75 Å². The summed E-state index contributed by atoms with van der Waals surface area (Å²) < 4.78 is 4.60. The van der Waals surface area contributed by atoms with E-state index in [4.69, 9.17) is 0 Å². The van der Waals surface area contributed by atoms with Crippen LogP contribution in [0.1, 0.15) is 39.0 Å². The van der Waals surface area contributed by atoms with Crippen molar-refractivity contribution in [2.45, 2.75) is 45.1 Å². The molecule has 1 fully saturated rings. The van der Waals surface area contributed by atoms with Gasteiger partial charge in [-0.05, 0) is 12.8 Å². The van der Waals surface area contributed by atoms with E-state index in [1.165, 1.54) is 25.3 Å². The Bertz CT molecular complexity index is 370. The number of urea groups is 1. The van der Waals surface area contributed by atoms with Gasteiger partial charge < -0.3 is 10.1 Å². The van der Waals surface area contributed by atoms with Crippen LogP contribution >= 0.6 is 11.8 Å². The Kier molecular flexibility index (Phi) is 8.19. The van der Waals surface area contributed by atoms with Gasteiger partial charge >= 0.3 is 12.0 Å². The van der Waals surface area contributed by atoms with Crippen molar-refractivity contribution in [3.05, 3.63) is 0 Å². The summed E-state index contributed by atoms with van der Waals surface area (Å²) in [4.78, 5) is 34.4. The molecule has 21 heavy (non-hydrogen) atoms. The van der Waals surface area contributed by atoms with Crippen LogP contribution in [0, 0.1) is 5.92 Å². The van der Waals surface area contributed by atoms with Gasteiger partial charge in [0.25, 0.3) is 0 Å². The second-order valence-corrected chi connectivity index (χ2v) is 6.33. The minimum absolute atomic E-state index is 0.152. The van der Waals surface area contributed by atoms with Gasteiger partial charge in [-0.25, -0.2) is 4.79 Å². The lowest BCUT2D eigenvalue weighted by Gasteiger charge is -2.22. The van der Waals surface area contributed by atoms with Crippen LogP contribution in [0.2, 0.25) is 0 Å². The third-order valence-electron chi connectivity index (χ3n) is 3.40. The lowest BCUT2D eigenvalue weighted by molar-refractivity contribution is -0.144. The van der Waals surface area contributed by atoms with Gasteiger partial charge in [0.15, 0.2) is 0 Å². The molecule has 0 saturated heterocycles. The molecule has 0 spiro atoms. The summed E-state index contributed by atoms with van der Waals surface area (Å²) in [7, 11) is 1.34. The number of thioether (sulfide) groups is 1. The normalized spacial score (nSPS) is 16.9. The highest BCUT2D eigenvalue weighted by atomic mass is 32.2. The number of ether oxygens (including phenoxy) is 1. The molecule has 1 saturated carbocycles. The number of imide groups is 1. The van der Waals surface area contributed by atoms with Crippen LogP contribution in [0.3, 0.4) is 0 Å². The first-order chi connectivity index (χ1) is 10.0. The van der Waals surface area contributed by atoms with Crippen molar-refractivity contribution in [3.63, 3.8) is 0 Å². The summed E-state index contributed by atoms with van der Waals surface area (Å²) in [5.74, 6) is -0.254. The summed E-state index contributed by atoms with van der Waals surface area (Å²) >= 11 is 1.31. The molecule has 1 atom stereocenters. The molecular weight excluding hydrogens is 292 g/mol. The maximum atomic E-state index is 11.6. The van der Waals surface area contributed by atoms with E-state index in [1.807, 2.05) is 0 Å². The van der Waals surface area contributed by atoms with Crippen LogP contribution in [0.5, 0.6) is 0 Å². The van der Waals surface area contributed by atoms with Gasteiger partial charge in [-0.2, -0.15) is 11.8 Å². The number of esters is 1. The van der Waals surface area contributed by atoms with E-state index in [2.05, 4.69) is 15.4 Å². The number of hydrogen-bond acceptors (Lipinski definition) is 5. The zero-order chi connectivity index (χ0) is 15.7. The summed E-state index contributed by atoms with van der Waals surface area (Å²) in [6, 6.07) is -0.243. The minimum Gasteiger partial charge on any atom is -0.469 e. The molecule has 7 heteroatoms. The molecule has 0 heterocycles. The average molecular weight is 316 g/mol. The van der Waals surface area contributed by atoms with Gasteiger partial charge in [0.1, 0.15) is 0 Å². The van der Waals surface area contributed by atoms with E-state index in [1.54, 1.807) is 6.92 Å². The fraction of sp³-hybridized carbons (Fsp3) is 0.786. The summed E-state index contributed by atoms with van der Waals surface area (Å²) in [6.07, 6.45) is 5.42. The van der Waals surface area contributed by atoms with Crippen molar-refractivity contribution in [2.75, 3.05) is 18.6 Å². The molecule has 0 bridgehead atoms. The first-order valence-electron chi connectivity index (χ1n) is 7.29. The van der Waals surface area contributed by atoms with E-state index in [0.717, 1.165) is 25.7 Å². The molecule has 0 aromatic carbocycles. The van der Waals surface area contributed by atoms with Crippen LogP contribution in [0.15, 0.2) is 0 Å². The number of carbonyl (C=O) groups is 3. The SMILES string of the molecule is COC(=O)C(C)CSCC(=O)NC(=O)NC1CCCCC1. The van der Waals surface area contributed by atoms with Crippen molar-refractivity contribution in [1.82, 2.24) is 10.6 Å². The standard InChI is InChI=1S/C14H24N2O4S/c1-10(13(18)20-2)8-21-9-12(17)16-14(19)15-11-6-4-3-5-7-11/h10-11H,3-9H2,1-2H3,(H2,15,16,17,19). The Hall–Kier alpha value is -1.24. The quantitative estimate of drug-likeness (QED) is 0.728. The van der Waals surface area contributed by atoms with Gasteiger partial charge in [-0.1, -0.05) is 26.2 Å². The Morgan fingerprint density at radius 1 is 1.24 bits per heavy atom. The maximum Gasteiger partial charge on any atom is 0.321 e. The highest BCUT2D eigenvalue weighted by Crippen LogP contribution is 2.17. The van der Waals surface area contributed by atoms with E-state index < -0.39 is 6.03 Å². The fourth-order valence-electron chi connectivity index (χ4n) is 2.23.